The fraction of sp³-hybridized carbons (Fsp3) is 0.167. The molecule has 0 spiro atoms. The summed E-state index contributed by atoms with van der Waals surface area (Å²) in [6, 6.07) is 28.0. The second kappa shape index (κ2) is 13.0. The summed E-state index contributed by atoms with van der Waals surface area (Å²) in [6.45, 7) is 2.02. The minimum atomic E-state index is -0.690. The second-order valence-electron chi connectivity index (χ2n) is 8.50. The van der Waals surface area contributed by atoms with Crippen molar-refractivity contribution in [1.82, 2.24) is 5.32 Å². The van der Waals surface area contributed by atoms with Crippen LogP contribution in [0.25, 0.3) is 0 Å². The zero-order valence-electron chi connectivity index (χ0n) is 20.6. The Hall–Kier alpha value is -3.99. The van der Waals surface area contributed by atoms with Crippen LogP contribution in [0.1, 0.15) is 29.5 Å². The maximum atomic E-state index is 13.3. The SMILES string of the molecule is CC1=C(C(=O)OCc2ccccc2)[C@H](c2ccc(Cl)cc2)C(C#N)=C(SCC(=O)OCc2ccccc2)N1. The van der Waals surface area contributed by atoms with E-state index in [-0.39, 0.29) is 19.0 Å². The maximum Gasteiger partial charge on any atom is 0.337 e. The van der Waals surface area contributed by atoms with Gasteiger partial charge in [0.05, 0.1) is 33.9 Å². The first-order valence-electron chi connectivity index (χ1n) is 11.9. The van der Waals surface area contributed by atoms with E-state index < -0.39 is 17.9 Å². The van der Waals surface area contributed by atoms with Crippen molar-refractivity contribution >= 4 is 35.3 Å². The smallest absolute Gasteiger partial charge is 0.337 e. The molecular weight excluding hydrogens is 520 g/mol. The van der Waals surface area contributed by atoms with Crippen molar-refractivity contribution < 1.29 is 19.1 Å². The van der Waals surface area contributed by atoms with Crippen molar-refractivity contribution in [2.75, 3.05) is 5.75 Å². The standard InChI is InChI=1S/C30H25ClN2O4S/c1-20-27(30(35)37-18-22-10-6-3-7-11-22)28(23-12-14-24(31)15-13-23)25(16-32)29(33-20)38-19-26(34)36-17-21-8-4-2-5-9-21/h2-15,28,33H,17-19H2,1H3/t28-/m1/s1. The van der Waals surface area contributed by atoms with Crippen LogP contribution in [-0.2, 0) is 32.3 Å². The summed E-state index contributed by atoms with van der Waals surface area (Å²) in [6.07, 6.45) is 0. The molecule has 192 valence electrons. The number of halogens is 1. The molecule has 0 aromatic heterocycles. The third kappa shape index (κ3) is 6.86. The molecule has 0 amide bonds. The van der Waals surface area contributed by atoms with Crippen molar-refractivity contribution in [3.05, 3.63) is 129 Å². The van der Waals surface area contributed by atoms with E-state index >= 15 is 0 Å². The summed E-state index contributed by atoms with van der Waals surface area (Å²) in [5.74, 6) is -1.64. The average molecular weight is 545 g/mol. The highest BCUT2D eigenvalue weighted by atomic mass is 35.5. The highest BCUT2D eigenvalue weighted by Gasteiger charge is 2.35. The molecule has 1 heterocycles. The van der Waals surface area contributed by atoms with Crippen LogP contribution in [0.15, 0.2) is 107 Å². The van der Waals surface area contributed by atoms with Crippen molar-refractivity contribution in [2.45, 2.75) is 26.1 Å². The molecule has 0 saturated heterocycles. The van der Waals surface area contributed by atoms with Crippen LogP contribution in [0.3, 0.4) is 0 Å². The van der Waals surface area contributed by atoms with Gasteiger partial charge in [0.2, 0.25) is 0 Å². The van der Waals surface area contributed by atoms with Gasteiger partial charge in [-0.15, -0.1) is 0 Å². The molecule has 0 radical (unpaired) electrons. The van der Waals surface area contributed by atoms with E-state index in [0.29, 0.717) is 32.5 Å². The minimum absolute atomic E-state index is 0.00521. The quantitative estimate of drug-likeness (QED) is 0.318. The first kappa shape index (κ1) is 27.1. The third-order valence-electron chi connectivity index (χ3n) is 5.86. The highest BCUT2D eigenvalue weighted by molar-refractivity contribution is 8.03. The molecule has 38 heavy (non-hydrogen) atoms. The molecule has 1 aliphatic heterocycles. The number of thioether (sulfide) groups is 1. The molecule has 1 atom stereocenters. The van der Waals surface area contributed by atoms with Crippen LogP contribution >= 0.6 is 23.4 Å². The number of carbonyl (C=O) groups is 2. The lowest BCUT2D eigenvalue weighted by Crippen LogP contribution is -2.29. The molecule has 1 N–H and O–H groups in total. The second-order valence-corrected chi connectivity index (χ2v) is 9.92. The summed E-state index contributed by atoms with van der Waals surface area (Å²) < 4.78 is 11.0. The number of ether oxygens (including phenoxy) is 2. The van der Waals surface area contributed by atoms with Gasteiger partial charge in [-0.3, -0.25) is 4.79 Å². The molecule has 4 rings (SSSR count). The molecule has 0 saturated carbocycles. The van der Waals surface area contributed by atoms with Gasteiger partial charge in [-0.05, 0) is 35.7 Å². The topological polar surface area (TPSA) is 88.4 Å². The van der Waals surface area contributed by atoms with Crippen LogP contribution < -0.4 is 5.32 Å². The van der Waals surface area contributed by atoms with Crippen LogP contribution in [0.4, 0.5) is 0 Å². The van der Waals surface area contributed by atoms with E-state index in [9.17, 15) is 14.9 Å². The first-order chi connectivity index (χ1) is 18.5. The van der Waals surface area contributed by atoms with E-state index in [4.69, 9.17) is 21.1 Å². The molecule has 1 aliphatic rings. The van der Waals surface area contributed by atoms with Crippen molar-refractivity contribution in [2.24, 2.45) is 0 Å². The number of benzene rings is 3. The fourth-order valence-electron chi connectivity index (χ4n) is 4.00. The van der Waals surface area contributed by atoms with Gasteiger partial charge in [-0.25, -0.2) is 4.79 Å². The van der Waals surface area contributed by atoms with E-state index in [1.807, 2.05) is 60.7 Å². The lowest BCUT2D eigenvalue weighted by atomic mass is 9.82. The Bertz CT molecular complexity index is 1400. The van der Waals surface area contributed by atoms with Crippen LogP contribution in [0.5, 0.6) is 0 Å². The molecule has 0 unspecified atom stereocenters. The summed E-state index contributed by atoms with van der Waals surface area (Å²) in [5.41, 5.74) is 3.64. The Morgan fingerprint density at radius 1 is 0.921 bits per heavy atom. The number of nitrogens with zero attached hydrogens (tertiary/aromatic N) is 1. The summed E-state index contributed by atoms with van der Waals surface area (Å²) in [5, 5.41) is 14.4. The monoisotopic (exact) mass is 544 g/mol. The molecule has 0 fully saturated rings. The van der Waals surface area contributed by atoms with Crippen molar-refractivity contribution in [3.8, 4) is 6.07 Å². The van der Waals surface area contributed by atoms with Crippen molar-refractivity contribution in [3.63, 3.8) is 0 Å². The van der Waals surface area contributed by atoms with Crippen molar-refractivity contribution in [1.29, 1.82) is 5.26 Å². The third-order valence-corrected chi connectivity index (χ3v) is 7.10. The molecule has 0 aliphatic carbocycles. The molecule has 6 nitrogen and oxygen atoms in total. The number of rotatable bonds is 9. The number of allylic oxidation sites excluding steroid dienone is 2. The number of nitrogens with one attached hydrogen (secondary N) is 1. The Morgan fingerprint density at radius 2 is 1.50 bits per heavy atom. The number of carbonyl (C=O) groups excluding carboxylic acids is 2. The zero-order valence-corrected chi connectivity index (χ0v) is 22.2. The highest BCUT2D eigenvalue weighted by Crippen LogP contribution is 2.41. The Morgan fingerprint density at radius 3 is 2.08 bits per heavy atom. The van der Waals surface area contributed by atoms with Crippen LogP contribution in [-0.4, -0.2) is 17.7 Å². The van der Waals surface area contributed by atoms with Gasteiger partial charge < -0.3 is 14.8 Å². The number of hydrogen-bond donors (Lipinski definition) is 1. The lowest BCUT2D eigenvalue weighted by molar-refractivity contribution is -0.142. The van der Waals surface area contributed by atoms with E-state index in [0.717, 1.165) is 22.9 Å². The number of dihydropyridines is 1. The van der Waals surface area contributed by atoms with Gasteiger partial charge in [0, 0.05) is 10.7 Å². The van der Waals surface area contributed by atoms with Gasteiger partial charge in [0.1, 0.15) is 13.2 Å². The van der Waals surface area contributed by atoms with E-state index in [2.05, 4.69) is 11.4 Å². The molecule has 0 bridgehead atoms. The maximum absolute atomic E-state index is 13.3. The molecular formula is C30H25ClN2O4S. The molecule has 8 heteroatoms. The van der Waals surface area contributed by atoms with Gasteiger partial charge in [-0.1, -0.05) is 96.2 Å². The van der Waals surface area contributed by atoms with E-state index in [1.54, 1.807) is 31.2 Å². The van der Waals surface area contributed by atoms with Gasteiger partial charge >= 0.3 is 11.9 Å². The summed E-state index contributed by atoms with van der Waals surface area (Å²) in [4.78, 5) is 25.8. The first-order valence-corrected chi connectivity index (χ1v) is 13.2. The van der Waals surface area contributed by atoms with E-state index in [1.165, 1.54) is 0 Å². The number of nitriles is 1. The minimum Gasteiger partial charge on any atom is -0.460 e. The molecule has 3 aromatic rings. The Labute approximate surface area is 230 Å². The van der Waals surface area contributed by atoms with Crippen LogP contribution in [0, 0.1) is 11.3 Å². The number of hydrogen-bond acceptors (Lipinski definition) is 7. The lowest BCUT2D eigenvalue weighted by Gasteiger charge is -2.29. The fourth-order valence-corrected chi connectivity index (χ4v) is 5.01. The Kier molecular flexibility index (Phi) is 9.26. The largest absolute Gasteiger partial charge is 0.460 e. The van der Waals surface area contributed by atoms with Crippen LogP contribution in [0.2, 0.25) is 5.02 Å². The summed E-state index contributed by atoms with van der Waals surface area (Å²) in [7, 11) is 0. The molecule has 3 aromatic carbocycles. The van der Waals surface area contributed by atoms with Gasteiger partial charge in [0.25, 0.3) is 0 Å². The van der Waals surface area contributed by atoms with Gasteiger partial charge in [-0.2, -0.15) is 5.26 Å². The average Bonchev–Trinajstić information content (AvgIpc) is 2.95. The summed E-state index contributed by atoms with van der Waals surface area (Å²) >= 11 is 7.27. The predicted molar refractivity (Wildman–Crippen MR) is 148 cm³/mol. The van der Waals surface area contributed by atoms with Gasteiger partial charge in [0.15, 0.2) is 0 Å². The zero-order chi connectivity index (χ0) is 26.9. The number of esters is 2. The Balaban J connectivity index is 1.55. The normalized spacial score (nSPS) is 14.9. The predicted octanol–water partition coefficient (Wildman–Crippen LogP) is 6.26.